The summed E-state index contributed by atoms with van der Waals surface area (Å²) in [5.41, 5.74) is 4.77. The zero-order chi connectivity index (χ0) is 22.8. The van der Waals surface area contributed by atoms with Gasteiger partial charge in [0.1, 0.15) is 0 Å². The summed E-state index contributed by atoms with van der Waals surface area (Å²) in [4.78, 5) is 32.7. The highest BCUT2D eigenvalue weighted by Crippen LogP contribution is 2.24. The average molecular weight is 432 g/mol. The van der Waals surface area contributed by atoms with Gasteiger partial charge in [0.2, 0.25) is 5.91 Å². The number of nitrogens with one attached hydrogen (secondary N) is 1. The minimum absolute atomic E-state index is 0.0178. The summed E-state index contributed by atoms with van der Waals surface area (Å²) in [6.45, 7) is 8.95. The van der Waals surface area contributed by atoms with Crippen LogP contribution in [0.15, 0.2) is 48.5 Å². The molecule has 2 aromatic carbocycles. The molecule has 2 amide bonds. The lowest BCUT2D eigenvalue weighted by Crippen LogP contribution is -2.48. The predicted molar refractivity (Wildman–Crippen MR) is 126 cm³/mol. The van der Waals surface area contributed by atoms with E-state index in [-0.39, 0.29) is 30.4 Å². The van der Waals surface area contributed by atoms with E-state index in [1.807, 2.05) is 64.1 Å². The van der Waals surface area contributed by atoms with Crippen molar-refractivity contribution in [2.24, 2.45) is 0 Å². The van der Waals surface area contributed by atoms with Crippen LogP contribution in [0.5, 0.6) is 0 Å². The van der Waals surface area contributed by atoms with Gasteiger partial charge in [-0.3, -0.25) is 14.6 Å². The molecule has 32 heavy (non-hydrogen) atoms. The summed E-state index contributed by atoms with van der Waals surface area (Å²) in [6, 6.07) is 15.1. The van der Waals surface area contributed by atoms with Crippen LogP contribution in [0.2, 0.25) is 0 Å². The van der Waals surface area contributed by atoms with Crippen molar-refractivity contribution in [1.29, 1.82) is 0 Å². The molecule has 1 N–H and O–H groups in total. The molecule has 0 spiro atoms. The van der Waals surface area contributed by atoms with Crippen LogP contribution >= 0.6 is 0 Å². The highest BCUT2D eigenvalue weighted by Gasteiger charge is 2.28. The number of hydrogen-bond donors (Lipinski definition) is 1. The molecule has 2 heterocycles. The summed E-state index contributed by atoms with van der Waals surface area (Å²) < 4.78 is 5.75. The third-order valence-corrected chi connectivity index (χ3v) is 5.96. The zero-order valence-electron chi connectivity index (χ0n) is 19.0. The summed E-state index contributed by atoms with van der Waals surface area (Å²) in [7, 11) is 0. The number of aromatic nitrogens is 1. The first kappa shape index (κ1) is 22.0. The number of aryl methyl sites for hydroxylation is 2. The maximum Gasteiger partial charge on any atom is 0.256 e. The third-order valence-electron chi connectivity index (χ3n) is 5.96. The van der Waals surface area contributed by atoms with Crippen LogP contribution in [0.4, 0.5) is 5.69 Å². The Hall–Kier alpha value is -3.25. The number of nitrogens with zero attached hydrogens (tertiary/aromatic N) is 2. The second-order valence-electron chi connectivity index (χ2n) is 8.56. The van der Waals surface area contributed by atoms with Crippen molar-refractivity contribution >= 4 is 28.4 Å². The molecule has 1 aromatic heterocycles. The molecule has 3 aromatic rings. The fraction of sp³-hybridized carbons (Fsp3) is 0.346. The zero-order valence-corrected chi connectivity index (χ0v) is 19.0. The fourth-order valence-electron chi connectivity index (χ4n) is 4.48. The van der Waals surface area contributed by atoms with Crippen LogP contribution in [0.1, 0.15) is 41.0 Å². The van der Waals surface area contributed by atoms with Gasteiger partial charge in [0.15, 0.2) is 0 Å². The molecule has 1 fully saturated rings. The van der Waals surface area contributed by atoms with Crippen molar-refractivity contribution in [2.75, 3.05) is 18.4 Å². The number of morpholine rings is 1. The number of carbonyl (C=O) groups excluding carboxylic acids is 2. The van der Waals surface area contributed by atoms with Crippen LogP contribution in [-0.4, -0.2) is 47.0 Å². The van der Waals surface area contributed by atoms with Crippen LogP contribution in [0.25, 0.3) is 10.9 Å². The minimum Gasteiger partial charge on any atom is -0.372 e. The number of fused-ring (bicyclic) bond motifs is 1. The molecule has 0 bridgehead atoms. The Labute approximate surface area is 188 Å². The van der Waals surface area contributed by atoms with Gasteiger partial charge in [-0.1, -0.05) is 30.3 Å². The van der Waals surface area contributed by atoms with Crippen molar-refractivity contribution in [3.8, 4) is 0 Å². The normalized spacial score (nSPS) is 18.6. The van der Waals surface area contributed by atoms with E-state index in [4.69, 9.17) is 4.74 Å². The number of pyridine rings is 1. The molecule has 1 aliphatic rings. The Morgan fingerprint density at radius 1 is 1.03 bits per heavy atom. The molecule has 6 nitrogen and oxygen atoms in total. The number of amides is 2. The van der Waals surface area contributed by atoms with Gasteiger partial charge < -0.3 is 15.0 Å². The largest absolute Gasteiger partial charge is 0.372 e. The van der Waals surface area contributed by atoms with Crippen molar-refractivity contribution in [1.82, 2.24) is 9.88 Å². The number of carbonyl (C=O) groups is 2. The van der Waals surface area contributed by atoms with Crippen molar-refractivity contribution < 1.29 is 14.3 Å². The fourth-order valence-corrected chi connectivity index (χ4v) is 4.48. The van der Waals surface area contributed by atoms with Gasteiger partial charge in [-0.15, -0.1) is 0 Å². The van der Waals surface area contributed by atoms with Gasteiger partial charge in [-0.2, -0.15) is 0 Å². The molecule has 0 unspecified atom stereocenters. The van der Waals surface area contributed by atoms with Gasteiger partial charge in [-0.25, -0.2) is 0 Å². The van der Waals surface area contributed by atoms with E-state index in [1.54, 1.807) is 17.0 Å². The predicted octanol–water partition coefficient (Wildman–Crippen LogP) is 4.28. The lowest BCUT2D eigenvalue weighted by atomic mass is 9.99. The molecule has 1 aliphatic heterocycles. The summed E-state index contributed by atoms with van der Waals surface area (Å²) in [5, 5.41) is 4.01. The van der Waals surface area contributed by atoms with Crippen LogP contribution in [0.3, 0.4) is 0 Å². The topological polar surface area (TPSA) is 71.5 Å². The molecule has 6 heteroatoms. The van der Waals surface area contributed by atoms with E-state index in [1.165, 1.54) is 0 Å². The Morgan fingerprint density at radius 2 is 1.69 bits per heavy atom. The number of benzene rings is 2. The van der Waals surface area contributed by atoms with Gasteiger partial charge >= 0.3 is 0 Å². The highest BCUT2D eigenvalue weighted by molar-refractivity contribution is 6.04. The molecule has 0 saturated carbocycles. The second kappa shape index (κ2) is 9.09. The number of rotatable bonds is 4. The molecule has 166 valence electrons. The SMILES string of the molecule is Cc1nc2ccccc2c(C)c1CC(=O)Nc1ccccc1C(=O)N1C[C@H](C)O[C@@H](C)C1. The second-order valence-corrected chi connectivity index (χ2v) is 8.56. The third kappa shape index (κ3) is 4.50. The number of para-hydroxylation sites is 2. The quantitative estimate of drug-likeness (QED) is 0.669. The van der Waals surface area contributed by atoms with Gasteiger partial charge in [0, 0.05) is 24.2 Å². The van der Waals surface area contributed by atoms with E-state index in [2.05, 4.69) is 10.3 Å². The minimum atomic E-state index is -0.169. The van der Waals surface area contributed by atoms with E-state index >= 15 is 0 Å². The average Bonchev–Trinajstić information content (AvgIpc) is 2.76. The maximum atomic E-state index is 13.2. The molecule has 4 rings (SSSR count). The Bertz CT molecular complexity index is 1160. The van der Waals surface area contributed by atoms with E-state index in [9.17, 15) is 9.59 Å². The number of anilines is 1. The Balaban J connectivity index is 1.55. The Kier molecular flexibility index (Phi) is 6.24. The van der Waals surface area contributed by atoms with E-state index in [0.29, 0.717) is 24.3 Å². The lowest BCUT2D eigenvalue weighted by molar-refractivity contribution is -0.115. The highest BCUT2D eigenvalue weighted by atomic mass is 16.5. The van der Waals surface area contributed by atoms with E-state index < -0.39 is 0 Å². The van der Waals surface area contributed by atoms with Crippen LogP contribution < -0.4 is 5.32 Å². The molecular formula is C26H29N3O3. The maximum absolute atomic E-state index is 13.2. The van der Waals surface area contributed by atoms with E-state index in [0.717, 1.165) is 27.7 Å². The van der Waals surface area contributed by atoms with Crippen molar-refractivity contribution in [2.45, 2.75) is 46.3 Å². The first-order valence-corrected chi connectivity index (χ1v) is 11.0. The monoisotopic (exact) mass is 431 g/mol. The van der Waals surface area contributed by atoms with Gasteiger partial charge in [0.25, 0.3) is 5.91 Å². The standard InChI is InChI=1S/C26H29N3O3/c1-16-14-29(15-17(2)32-16)26(31)21-10-6-8-12-24(21)28-25(30)13-22-18(3)20-9-5-7-11-23(20)27-19(22)4/h5-12,16-17H,13-15H2,1-4H3,(H,28,30)/t16-,17-/m0/s1. The smallest absolute Gasteiger partial charge is 0.256 e. The first-order chi connectivity index (χ1) is 15.3. The van der Waals surface area contributed by atoms with Gasteiger partial charge in [0.05, 0.1) is 35.4 Å². The molecule has 0 radical (unpaired) electrons. The van der Waals surface area contributed by atoms with Crippen molar-refractivity contribution in [3.63, 3.8) is 0 Å². The lowest BCUT2D eigenvalue weighted by Gasteiger charge is -2.35. The number of hydrogen-bond acceptors (Lipinski definition) is 4. The summed E-state index contributed by atoms with van der Waals surface area (Å²) in [6.07, 6.45) is 0.163. The molecule has 0 aliphatic carbocycles. The molecule has 2 atom stereocenters. The van der Waals surface area contributed by atoms with Gasteiger partial charge in [-0.05, 0) is 57.0 Å². The van der Waals surface area contributed by atoms with Crippen LogP contribution in [0, 0.1) is 13.8 Å². The molecular weight excluding hydrogens is 402 g/mol. The Morgan fingerprint density at radius 3 is 2.44 bits per heavy atom. The van der Waals surface area contributed by atoms with Crippen LogP contribution in [-0.2, 0) is 16.0 Å². The molecule has 1 saturated heterocycles. The first-order valence-electron chi connectivity index (χ1n) is 11.0. The van der Waals surface area contributed by atoms with Crippen molar-refractivity contribution in [3.05, 3.63) is 70.9 Å². The number of ether oxygens (including phenoxy) is 1. The summed E-state index contributed by atoms with van der Waals surface area (Å²) >= 11 is 0. The summed E-state index contributed by atoms with van der Waals surface area (Å²) in [5.74, 6) is -0.264.